The molecular formula is C24H21N5O3. The zero-order chi connectivity index (χ0) is 22.1. The Hall–Kier alpha value is -4.01. The lowest BCUT2D eigenvalue weighted by Crippen LogP contribution is -2.15. The average Bonchev–Trinajstić information content (AvgIpc) is 3.44. The number of hydrogen-bond acceptors (Lipinski definition) is 5. The highest BCUT2D eigenvalue weighted by Crippen LogP contribution is 2.25. The summed E-state index contributed by atoms with van der Waals surface area (Å²) in [4.78, 5) is 17.3. The predicted octanol–water partition coefficient (Wildman–Crippen LogP) is 3.01. The van der Waals surface area contributed by atoms with Gasteiger partial charge in [-0.2, -0.15) is 5.10 Å². The first-order chi connectivity index (χ1) is 15.6. The molecule has 8 heteroatoms. The molecule has 32 heavy (non-hydrogen) atoms. The molecule has 2 aromatic carbocycles. The number of hydrogen-bond donors (Lipinski definition) is 3. The second-order valence-corrected chi connectivity index (χ2v) is 7.51. The molecule has 0 bridgehead atoms. The first kappa shape index (κ1) is 19.9. The van der Waals surface area contributed by atoms with Crippen LogP contribution in [0.1, 0.15) is 27.7 Å². The second kappa shape index (κ2) is 8.26. The lowest BCUT2D eigenvalue weighted by molar-refractivity contribution is 0.0951. The molecule has 1 atom stereocenters. The fourth-order valence-corrected chi connectivity index (χ4v) is 3.75. The fraction of sp³-hybridized carbons (Fsp3) is 0.125. The third-order valence-corrected chi connectivity index (χ3v) is 5.43. The van der Waals surface area contributed by atoms with Crippen molar-refractivity contribution >= 4 is 28.1 Å². The number of nitrogens with one attached hydrogen (secondary N) is 1. The van der Waals surface area contributed by atoms with E-state index < -0.39 is 12.7 Å². The molecule has 0 spiro atoms. The molecule has 5 rings (SSSR count). The molecule has 0 saturated heterocycles. The summed E-state index contributed by atoms with van der Waals surface area (Å²) in [5, 5.41) is 27.4. The van der Waals surface area contributed by atoms with Gasteiger partial charge in [-0.05, 0) is 29.3 Å². The van der Waals surface area contributed by atoms with Crippen LogP contribution >= 0.6 is 0 Å². The van der Waals surface area contributed by atoms with Gasteiger partial charge in [0.25, 0.3) is 5.91 Å². The zero-order valence-electron chi connectivity index (χ0n) is 17.1. The summed E-state index contributed by atoms with van der Waals surface area (Å²) in [6, 6.07) is 19.1. The highest BCUT2D eigenvalue weighted by atomic mass is 16.3. The SMILES string of the molecule is O=C(Nc1cccc2c1cnn2Cc1ccccc1)c1cnc2ccc(C(O)CO)cn12. The van der Waals surface area contributed by atoms with Crippen LogP contribution in [0.25, 0.3) is 16.6 Å². The Morgan fingerprint density at radius 2 is 1.88 bits per heavy atom. The molecule has 3 aromatic heterocycles. The van der Waals surface area contributed by atoms with Gasteiger partial charge in [0.15, 0.2) is 0 Å². The van der Waals surface area contributed by atoms with E-state index in [1.54, 1.807) is 28.9 Å². The maximum absolute atomic E-state index is 13.1. The van der Waals surface area contributed by atoms with Gasteiger partial charge < -0.3 is 15.5 Å². The molecule has 3 heterocycles. The van der Waals surface area contributed by atoms with Crippen molar-refractivity contribution in [3.8, 4) is 0 Å². The number of aliphatic hydroxyl groups is 2. The van der Waals surface area contributed by atoms with Crippen molar-refractivity contribution in [3.63, 3.8) is 0 Å². The van der Waals surface area contributed by atoms with Crippen LogP contribution in [0, 0.1) is 0 Å². The van der Waals surface area contributed by atoms with E-state index in [2.05, 4.69) is 15.4 Å². The predicted molar refractivity (Wildman–Crippen MR) is 120 cm³/mol. The van der Waals surface area contributed by atoms with Crippen LogP contribution < -0.4 is 5.32 Å². The number of amides is 1. The summed E-state index contributed by atoms with van der Waals surface area (Å²) in [5.74, 6) is -0.337. The Balaban J connectivity index is 1.45. The summed E-state index contributed by atoms with van der Waals surface area (Å²) < 4.78 is 3.50. The Bertz CT molecular complexity index is 1410. The van der Waals surface area contributed by atoms with Gasteiger partial charge >= 0.3 is 0 Å². The smallest absolute Gasteiger partial charge is 0.274 e. The molecule has 0 aliphatic carbocycles. The van der Waals surface area contributed by atoms with Gasteiger partial charge in [0.05, 0.1) is 36.7 Å². The number of carbonyl (C=O) groups excluding carboxylic acids is 1. The molecular weight excluding hydrogens is 406 g/mol. The Labute approximate surface area is 183 Å². The minimum Gasteiger partial charge on any atom is -0.393 e. The van der Waals surface area contributed by atoms with Crippen molar-refractivity contribution < 1.29 is 15.0 Å². The maximum Gasteiger partial charge on any atom is 0.274 e. The van der Waals surface area contributed by atoms with Crippen molar-refractivity contribution in [3.05, 3.63) is 96.1 Å². The minimum absolute atomic E-state index is 0.320. The Kier molecular flexibility index (Phi) is 5.14. The van der Waals surface area contributed by atoms with E-state index in [-0.39, 0.29) is 5.91 Å². The van der Waals surface area contributed by atoms with Crippen LogP contribution in [0.2, 0.25) is 0 Å². The number of carbonyl (C=O) groups is 1. The first-order valence-corrected chi connectivity index (χ1v) is 10.2. The summed E-state index contributed by atoms with van der Waals surface area (Å²) >= 11 is 0. The van der Waals surface area contributed by atoms with Gasteiger partial charge in [-0.1, -0.05) is 42.5 Å². The van der Waals surface area contributed by atoms with E-state index >= 15 is 0 Å². The van der Waals surface area contributed by atoms with Gasteiger partial charge in [0, 0.05) is 11.6 Å². The zero-order valence-corrected chi connectivity index (χ0v) is 17.1. The van der Waals surface area contributed by atoms with Crippen molar-refractivity contribution in [2.24, 2.45) is 0 Å². The quantitative estimate of drug-likeness (QED) is 0.386. The highest BCUT2D eigenvalue weighted by molar-refractivity contribution is 6.08. The minimum atomic E-state index is -1.03. The van der Waals surface area contributed by atoms with Gasteiger partial charge in [-0.3, -0.25) is 13.9 Å². The summed E-state index contributed by atoms with van der Waals surface area (Å²) in [5.41, 5.74) is 4.08. The number of nitrogens with zero attached hydrogens (tertiary/aromatic N) is 4. The van der Waals surface area contributed by atoms with Crippen LogP contribution in [0.3, 0.4) is 0 Å². The number of anilines is 1. The third kappa shape index (κ3) is 3.62. The molecule has 0 saturated carbocycles. The van der Waals surface area contributed by atoms with E-state index in [4.69, 9.17) is 0 Å². The number of imidazole rings is 1. The monoisotopic (exact) mass is 427 g/mol. The van der Waals surface area contributed by atoms with Crippen LogP contribution in [-0.4, -0.2) is 41.9 Å². The third-order valence-electron chi connectivity index (χ3n) is 5.43. The Morgan fingerprint density at radius 1 is 1.03 bits per heavy atom. The number of pyridine rings is 1. The molecule has 8 nitrogen and oxygen atoms in total. The van der Waals surface area contributed by atoms with E-state index in [1.807, 2.05) is 53.2 Å². The van der Waals surface area contributed by atoms with Crippen LogP contribution in [0.4, 0.5) is 5.69 Å². The van der Waals surface area contributed by atoms with Gasteiger partial charge in [-0.15, -0.1) is 0 Å². The van der Waals surface area contributed by atoms with Crippen molar-refractivity contribution in [2.75, 3.05) is 11.9 Å². The largest absolute Gasteiger partial charge is 0.393 e. The van der Waals surface area contributed by atoms with E-state index in [9.17, 15) is 15.0 Å². The topological polar surface area (TPSA) is 105 Å². The Morgan fingerprint density at radius 3 is 2.69 bits per heavy atom. The van der Waals surface area contributed by atoms with E-state index in [0.29, 0.717) is 29.1 Å². The van der Waals surface area contributed by atoms with Crippen molar-refractivity contribution in [1.82, 2.24) is 19.2 Å². The van der Waals surface area contributed by atoms with Gasteiger partial charge in [0.2, 0.25) is 0 Å². The van der Waals surface area contributed by atoms with Gasteiger partial charge in [-0.25, -0.2) is 4.98 Å². The van der Waals surface area contributed by atoms with Crippen molar-refractivity contribution in [2.45, 2.75) is 12.6 Å². The lowest BCUT2D eigenvalue weighted by atomic mass is 10.2. The number of rotatable bonds is 6. The molecule has 3 N–H and O–H groups in total. The highest BCUT2D eigenvalue weighted by Gasteiger charge is 2.16. The molecule has 0 fully saturated rings. The molecule has 1 amide bonds. The van der Waals surface area contributed by atoms with Crippen molar-refractivity contribution in [1.29, 1.82) is 0 Å². The molecule has 0 aliphatic heterocycles. The van der Waals surface area contributed by atoms with Crippen LogP contribution in [-0.2, 0) is 6.54 Å². The number of benzene rings is 2. The molecule has 0 aliphatic rings. The summed E-state index contributed by atoms with van der Waals surface area (Å²) in [7, 11) is 0. The number of aromatic nitrogens is 4. The summed E-state index contributed by atoms with van der Waals surface area (Å²) in [6.45, 7) is 0.224. The van der Waals surface area contributed by atoms with E-state index in [0.717, 1.165) is 16.5 Å². The first-order valence-electron chi connectivity index (χ1n) is 10.2. The normalized spacial score (nSPS) is 12.3. The molecule has 160 valence electrons. The lowest BCUT2D eigenvalue weighted by Gasteiger charge is -2.10. The standard InChI is InChI=1S/C24H21N5O3/c30-15-22(31)17-9-10-23-25-12-21(28(23)14-17)24(32)27-19-7-4-8-20-18(19)11-26-29(20)13-16-5-2-1-3-6-16/h1-12,14,22,30-31H,13,15H2,(H,27,32). The van der Waals surface area contributed by atoms with Gasteiger partial charge in [0.1, 0.15) is 17.4 Å². The molecule has 5 aromatic rings. The number of fused-ring (bicyclic) bond motifs is 2. The second-order valence-electron chi connectivity index (χ2n) is 7.51. The number of aliphatic hydroxyl groups excluding tert-OH is 2. The average molecular weight is 427 g/mol. The fourth-order valence-electron chi connectivity index (χ4n) is 3.75. The van der Waals surface area contributed by atoms with E-state index in [1.165, 1.54) is 6.20 Å². The molecule has 1 unspecified atom stereocenters. The van der Waals surface area contributed by atoms with Crippen LogP contribution in [0.15, 0.2) is 79.3 Å². The van der Waals surface area contributed by atoms with Crippen LogP contribution in [0.5, 0.6) is 0 Å². The maximum atomic E-state index is 13.1. The molecule has 0 radical (unpaired) electrons. The summed E-state index contributed by atoms with van der Waals surface area (Å²) in [6.07, 6.45) is 3.81.